The molecule has 0 aliphatic rings. The maximum Gasteiger partial charge on any atom is 0.132 e. The van der Waals surface area contributed by atoms with E-state index in [1.165, 1.54) is 19.2 Å². The van der Waals surface area contributed by atoms with Crippen molar-refractivity contribution in [2.45, 2.75) is 18.6 Å². The van der Waals surface area contributed by atoms with Gasteiger partial charge in [-0.15, -0.1) is 0 Å². The third-order valence-electron chi connectivity index (χ3n) is 2.30. The molecule has 0 aliphatic heterocycles. The maximum absolute atomic E-state index is 13.5. The molecule has 2 atom stereocenters. The van der Waals surface area contributed by atoms with Crippen LogP contribution in [0.5, 0.6) is 5.75 Å². The number of hydrogen-bond donors (Lipinski definition) is 2. The van der Waals surface area contributed by atoms with Gasteiger partial charge in [0, 0.05) is 5.33 Å². The van der Waals surface area contributed by atoms with Crippen molar-refractivity contribution in [3.05, 3.63) is 29.6 Å². The van der Waals surface area contributed by atoms with Gasteiger partial charge in [0.1, 0.15) is 17.7 Å². The highest BCUT2D eigenvalue weighted by Crippen LogP contribution is 2.30. The quantitative estimate of drug-likeness (QED) is 0.817. The first kappa shape index (κ1) is 13.4. The molecule has 0 bridgehead atoms. The molecule has 1 rings (SSSR count). The zero-order valence-electron chi connectivity index (χ0n) is 8.86. The van der Waals surface area contributed by atoms with Gasteiger partial charge in [-0.25, -0.2) is 4.39 Å². The van der Waals surface area contributed by atoms with Crippen LogP contribution in [0.2, 0.25) is 0 Å². The Bertz CT molecular complexity index is 346. The lowest BCUT2D eigenvalue weighted by atomic mass is 10.0. The fourth-order valence-electron chi connectivity index (χ4n) is 1.44. The van der Waals surface area contributed by atoms with Gasteiger partial charge < -0.3 is 14.9 Å². The number of alkyl halides is 1. The van der Waals surface area contributed by atoms with Crippen LogP contribution in [0, 0.1) is 5.82 Å². The van der Waals surface area contributed by atoms with Crippen molar-refractivity contribution in [3.8, 4) is 5.75 Å². The summed E-state index contributed by atoms with van der Waals surface area (Å²) < 4.78 is 18.5. The smallest absolute Gasteiger partial charge is 0.132 e. The van der Waals surface area contributed by atoms with E-state index in [-0.39, 0.29) is 11.3 Å². The van der Waals surface area contributed by atoms with Gasteiger partial charge >= 0.3 is 0 Å². The van der Waals surface area contributed by atoms with E-state index in [1.807, 2.05) is 0 Å². The Morgan fingerprint density at radius 2 is 2.12 bits per heavy atom. The zero-order valence-corrected chi connectivity index (χ0v) is 10.4. The summed E-state index contributed by atoms with van der Waals surface area (Å²) in [6, 6.07) is 4.26. The van der Waals surface area contributed by atoms with E-state index < -0.39 is 18.0 Å². The molecule has 2 unspecified atom stereocenters. The van der Waals surface area contributed by atoms with Gasteiger partial charge in [-0.1, -0.05) is 22.0 Å². The predicted octanol–water partition coefficient (Wildman–Crippen LogP) is 2.01. The van der Waals surface area contributed by atoms with Gasteiger partial charge in [-0.3, -0.25) is 0 Å². The van der Waals surface area contributed by atoms with Crippen LogP contribution in [0.3, 0.4) is 0 Å². The number of ether oxygens (including phenoxy) is 1. The van der Waals surface area contributed by atoms with Gasteiger partial charge in [0.15, 0.2) is 0 Å². The Balaban J connectivity index is 3.01. The molecule has 0 aromatic heterocycles. The van der Waals surface area contributed by atoms with Gasteiger partial charge in [0.2, 0.25) is 0 Å². The molecule has 0 spiro atoms. The summed E-state index contributed by atoms with van der Waals surface area (Å²) in [6.45, 7) is 0. The van der Waals surface area contributed by atoms with Crippen molar-refractivity contribution in [1.29, 1.82) is 0 Å². The summed E-state index contributed by atoms with van der Waals surface area (Å²) >= 11 is 3.15. The summed E-state index contributed by atoms with van der Waals surface area (Å²) in [5, 5.41) is 20.0. The number of benzene rings is 1. The average Bonchev–Trinajstić information content (AvgIpc) is 2.28. The lowest BCUT2D eigenvalue weighted by Gasteiger charge is -2.20. The minimum absolute atomic E-state index is 0.00144. The number of halogens is 2. The van der Waals surface area contributed by atoms with Crippen molar-refractivity contribution in [2.24, 2.45) is 0 Å². The largest absolute Gasteiger partial charge is 0.496 e. The average molecular weight is 293 g/mol. The van der Waals surface area contributed by atoms with Crippen LogP contribution in [0.4, 0.5) is 4.39 Å². The van der Waals surface area contributed by atoms with Crippen LogP contribution in [-0.4, -0.2) is 28.8 Å². The van der Waals surface area contributed by atoms with Crippen LogP contribution >= 0.6 is 15.9 Å². The third kappa shape index (κ3) is 2.93. The van der Waals surface area contributed by atoms with E-state index in [1.54, 1.807) is 6.07 Å². The van der Waals surface area contributed by atoms with Crippen molar-refractivity contribution < 1.29 is 19.3 Å². The number of rotatable bonds is 5. The molecule has 16 heavy (non-hydrogen) atoms. The SMILES string of the molecule is COc1cccc(F)c1C(O)C(O)CCBr. The molecule has 0 saturated carbocycles. The summed E-state index contributed by atoms with van der Waals surface area (Å²) in [5.74, 6) is -0.346. The molecule has 5 heteroatoms. The highest BCUT2D eigenvalue weighted by atomic mass is 79.9. The molecule has 0 amide bonds. The first-order chi connectivity index (χ1) is 7.61. The number of aliphatic hydroxyl groups is 2. The molecule has 2 N–H and O–H groups in total. The topological polar surface area (TPSA) is 49.7 Å². The molecule has 0 saturated heterocycles. The lowest BCUT2D eigenvalue weighted by Crippen LogP contribution is -2.20. The molecule has 0 heterocycles. The van der Waals surface area contributed by atoms with Gasteiger partial charge in [0.05, 0.1) is 18.8 Å². The minimum atomic E-state index is -1.28. The minimum Gasteiger partial charge on any atom is -0.496 e. The van der Waals surface area contributed by atoms with Gasteiger partial charge in [0.25, 0.3) is 0 Å². The fourth-order valence-corrected chi connectivity index (χ4v) is 1.91. The summed E-state index contributed by atoms with van der Waals surface area (Å²) in [5.41, 5.74) is -0.00144. The Hall–Kier alpha value is -0.650. The number of methoxy groups -OCH3 is 1. The first-order valence-corrected chi connectivity index (χ1v) is 5.98. The van der Waals surface area contributed by atoms with E-state index in [9.17, 15) is 14.6 Å². The molecule has 1 aromatic carbocycles. The van der Waals surface area contributed by atoms with Crippen LogP contribution < -0.4 is 4.74 Å². The summed E-state index contributed by atoms with van der Waals surface area (Å²) in [6.07, 6.45) is -1.97. The van der Waals surface area contributed by atoms with E-state index in [4.69, 9.17) is 4.74 Å². The fraction of sp³-hybridized carbons (Fsp3) is 0.455. The highest BCUT2D eigenvalue weighted by Gasteiger charge is 2.24. The van der Waals surface area contributed by atoms with E-state index in [2.05, 4.69) is 15.9 Å². The monoisotopic (exact) mass is 292 g/mol. The van der Waals surface area contributed by atoms with Crippen molar-refractivity contribution in [1.82, 2.24) is 0 Å². The van der Waals surface area contributed by atoms with Gasteiger partial charge in [-0.05, 0) is 18.6 Å². The van der Waals surface area contributed by atoms with Crippen LogP contribution in [0.1, 0.15) is 18.1 Å². The van der Waals surface area contributed by atoms with Crippen molar-refractivity contribution in [2.75, 3.05) is 12.4 Å². The standard InChI is InChI=1S/C11H14BrFO3/c1-16-9-4-2-3-7(13)10(9)11(15)8(14)5-6-12/h2-4,8,11,14-15H,5-6H2,1H3. The summed E-state index contributed by atoms with van der Waals surface area (Å²) in [4.78, 5) is 0. The normalized spacial score (nSPS) is 14.6. The molecule has 1 aromatic rings. The van der Waals surface area contributed by atoms with E-state index in [0.29, 0.717) is 11.8 Å². The molecule has 0 fully saturated rings. The second-order valence-electron chi connectivity index (χ2n) is 3.35. The van der Waals surface area contributed by atoms with Crippen LogP contribution in [-0.2, 0) is 0 Å². The van der Waals surface area contributed by atoms with E-state index >= 15 is 0 Å². The van der Waals surface area contributed by atoms with Crippen molar-refractivity contribution in [3.63, 3.8) is 0 Å². The highest BCUT2D eigenvalue weighted by molar-refractivity contribution is 9.09. The second-order valence-corrected chi connectivity index (χ2v) is 4.14. The molecule has 3 nitrogen and oxygen atoms in total. The Kier molecular flexibility index (Phi) is 5.18. The maximum atomic E-state index is 13.5. The van der Waals surface area contributed by atoms with Gasteiger partial charge in [-0.2, -0.15) is 0 Å². The molecule has 90 valence electrons. The van der Waals surface area contributed by atoms with E-state index in [0.717, 1.165) is 0 Å². The van der Waals surface area contributed by atoms with Crippen LogP contribution in [0.15, 0.2) is 18.2 Å². The lowest BCUT2D eigenvalue weighted by molar-refractivity contribution is 0.0138. The Labute approximate surface area is 102 Å². The third-order valence-corrected chi connectivity index (χ3v) is 2.76. The first-order valence-electron chi connectivity index (χ1n) is 4.86. The molecule has 0 radical (unpaired) electrons. The Morgan fingerprint density at radius 3 is 2.69 bits per heavy atom. The Morgan fingerprint density at radius 1 is 1.44 bits per heavy atom. The molecule has 0 aliphatic carbocycles. The molecular weight excluding hydrogens is 279 g/mol. The second kappa shape index (κ2) is 6.18. The predicted molar refractivity (Wildman–Crippen MR) is 62.3 cm³/mol. The van der Waals surface area contributed by atoms with Crippen LogP contribution in [0.25, 0.3) is 0 Å². The number of aliphatic hydroxyl groups excluding tert-OH is 2. The zero-order chi connectivity index (χ0) is 12.1. The van der Waals surface area contributed by atoms with Crippen molar-refractivity contribution >= 4 is 15.9 Å². The summed E-state index contributed by atoms with van der Waals surface area (Å²) in [7, 11) is 1.39. The number of hydrogen-bond acceptors (Lipinski definition) is 3. The molecular formula is C11H14BrFO3.